The quantitative estimate of drug-likeness (QED) is 0.257. The lowest BCUT2D eigenvalue weighted by Crippen LogP contribution is -2.15. The van der Waals surface area contributed by atoms with E-state index >= 15 is 0 Å². The molecule has 0 amide bonds. The summed E-state index contributed by atoms with van der Waals surface area (Å²) >= 11 is 0. The molecule has 2 aromatic carbocycles. The molecule has 3 rings (SSSR count). The topological polar surface area (TPSA) is 91.4 Å². The van der Waals surface area contributed by atoms with Gasteiger partial charge in [-0.15, -0.1) is 0 Å². The van der Waals surface area contributed by atoms with Crippen LogP contribution in [0.1, 0.15) is 43.2 Å². The van der Waals surface area contributed by atoms with Crippen molar-refractivity contribution in [3.8, 4) is 5.69 Å². The molecule has 0 N–H and O–H groups in total. The van der Waals surface area contributed by atoms with Gasteiger partial charge >= 0.3 is 5.97 Å². The predicted molar refractivity (Wildman–Crippen MR) is 112 cm³/mol. The Bertz CT molecular complexity index is 1140. The largest absolute Gasteiger partial charge is 0.454 e. The standard InChI is InChI=1S/C23H22N2O5/c1-14-8-15(2)10-20(9-14)24-16(3)11-21(17(24)4)22(26)13-30-23(27)18-6-5-7-19(12-18)25(28)29/h5-12H,13H2,1-4H3. The highest BCUT2D eigenvalue weighted by Gasteiger charge is 2.19. The molecule has 7 heteroatoms. The van der Waals surface area contributed by atoms with Crippen molar-refractivity contribution in [1.29, 1.82) is 0 Å². The predicted octanol–water partition coefficient (Wildman–Crippen LogP) is 4.66. The number of aryl methyl sites for hydroxylation is 3. The normalized spacial score (nSPS) is 10.7. The third kappa shape index (κ3) is 4.30. The van der Waals surface area contributed by atoms with E-state index in [0.29, 0.717) is 5.56 Å². The number of ketones is 1. The van der Waals surface area contributed by atoms with Crippen LogP contribution in [0.4, 0.5) is 5.69 Å². The number of aromatic nitrogens is 1. The van der Waals surface area contributed by atoms with Crippen molar-refractivity contribution in [3.05, 3.63) is 92.3 Å². The van der Waals surface area contributed by atoms with Crippen LogP contribution in [0.2, 0.25) is 0 Å². The number of hydrogen-bond donors (Lipinski definition) is 0. The number of carbonyl (C=O) groups is 2. The van der Waals surface area contributed by atoms with Crippen LogP contribution in [0.5, 0.6) is 0 Å². The smallest absolute Gasteiger partial charge is 0.338 e. The van der Waals surface area contributed by atoms with Crippen molar-refractivity contribution in [2.24, 2.45) is 0 Å². The molecule has 0 fully saturated rings. The SMILES string of the molecule is Cc1cc(C)cc(-n2c(C)cc(C(=O)COC(=O)c3cccc([N+](=O)[O-])c3)c2C)c1. The first-order valence-electron chi connectivity index (χ1n) is 9.39. The van der Waals surface area contributed by atoms with Crippen LogP contribution in [0, 0.1) is 37.8 Å². The monoisotopic (exact) mass is 406 g/mol. The van der Waals surface area contributed by atoms with E-state index in [1.54, 1.807) is 6.07 Å². The second-order valence-corrected chi connectivity index (χ2v) is 7.27. The molecule has 0 bridgehead atoms. The summed E-state index contributed by atoms with van der Waals surface area (Å²) in [4.78, 5) is 35.2. The van der Waals surface area contributed by atoms with Crippen LogP contribution in [0.25, 0.3) is 5.69 Å². The molecular weight excluding hydrogens is 384 g/mol. The van der Waals surface area contributed by atoms with Gasteiger partial charge in [-0.3, -0.25) is 14.9 Å². The molecule has 0 atom stereocenters. The molecule has 0 spiro atoms. The number of benzene rings is 2. The molecular formula is C23H22N2O5. The van der Waals surface area contributed by atoms with Crippen molar-refractivity contribution in [2.75, 3.05) is 6.61 Å². The highest BCUT2D eigenvalue weighted by molar-refractivity contribution is 6.00. The zero-order valence-electron chi connectivity index (χ0n) is 17.3. The summed E-state index contributed by atoms with van der Waals surface area (Å²) in [5.74, 6) is -1.12. The van der Waals surface area contributed by atoms with Crippen molar-refractivity contribution in [3.63, 3.8) is 0 Å². The summed E-state index contributed by atoms with van der Waals surface area (Å²) in [5, 5.41) is 10.9. The fourth-order valence-corrected chi connectivity index (χ4v) is 3.56. The molecule has 0 radical (unpaired) electrons. The van der Waals surface area contributed by atoms with Gasteiger partial charge in [-0.2, -0.15) is 0 Å². The number of esters is 1. The van der Waals surface area contributed by atoms with E-state index < -0.39 is 17.5 Å². The zero-order valence-corrected chi connectivity index (χ0v) is 17.3. The number of nitro benzene ring substituents is 1. The Morgan fingerprint density at radius 1 is 1.00 bits per heavy atom. The molecule has 0 aliphatic rings. The second kappa shape index (κ2) is 8.32. The Morgan fingerprint density at radius 2 is 1.67 bits per heavy atom. The number of hydrogen-bond acceptors (Lipinski definition) is 5. The second-order valence-electron chi connectivity index (χ2n) is 7.27. The molecule has 0 aliphatic carbocycles. The summed E-state index contributed by atoms with van der Waals surface area (Å²) in [6.45, 7) is 7.35. The minimum atomic E-state index is -0.782. The molecule has 0 aliphatic heterocycles. The van der Waals surface area contributed by atoms with Crippen molar-refractivity contribution in [2.45, 2.75) is 27.7 Å². The van der Waals surface area contributed by atoms with Crippen LogP contribution in [0.15, 0.2) is 48.5 Å². The first-order valence-corrected chi connectivity index (χ1v) is 9.39. The van der Waals surface area contributed by atoms with Crippen molar-refractivity contribution < 1.29 is 19.2 Å². The van der Waals surface area contributed by atoms with Gasteiger partial charge in [0.25, 0.3) is 5.69 Å². The molecule has 154 valence electrons. The van der Waals surface area contributed by atoms with Crippen LogP contribution >= 0.6 is 0 Å². The zero-order chi connectivity index (χ0) is 22.0. The van der Waals surface area contributed by atoms with Crippen LogP contribution < -0.4 is 0 Å². The third-order valence-electron chi connectivity index (χ3n) is 4.82. The van der Waals surface area contributed by atoms with Gasteiger partial charge < -0.3 is 9.30 Å². The lowest BCUT2D eigenvalue weighted by molar-refractivity contribution is -0.384. The van der Waals surface area contributed by atoms with E-state index in [9.17, 15) is 19.7 Å². The van der Waals surface area contributed by atoms with Crippen molar-refractivity contribution >= 4 is 17.4 Å². The molecule has 0 saturated carbocycles. The Labute approximate surface area is 174 Å². The van der Waals surface area contributed by atoms with E-state index in [0.717, 1.165) is 34.3 Å². The Balaban J connectivity index is 1.79. The van der Waals surface area contributed by atoms with Gasteiger partial charge in [-0.1, -0.05) is 12.1 Å². The average Bonchev–Trinajstić information content (AvgIpc) is 2.99. The number of carbonyl (C=O) groups excluding carboxylic acids is 2. The highest BCUT2D eigenvalue weighted by atomic mass is 16.6. The fraction of sp³-hybridized carbons (Fsp3) is 0.217. The molecule has 7 nitrogen and oxygen atoms in total. The number of Topliss-reactive ketones (excluding diaryl/α,β-unsaturated/α-hetero) is 1. The number of nitro groups is 1. The van der Waals surface area contributed by atoms with E-state index in [2.05, 4.69) is 6.07 Å². The maximum absolute atomic E-state index is 12.7. The summed E-state index contributed by atoms with van der Waals surface area (Å²) in [6.07, 6.45) is 0. The first kappa shape index (κ1) is 21.0. The number of ether oxygens (including phenoxy) is 1. The highest BCUT2D eigenvalue weighted by Crippen LogP contribution is 2.23. The number of non-ortho nitro benzene ring substituents is 1. The molecule has 30 heavy (non-hydrogen) atoms. The maximum Gasteiger partial charge on any atom is 0.338 e. The average molecular weight is 406 g/mol. The maximum atomic E-state index is 12.7. The van der Waals surface area contributed by atoms with E-state index in [-0.39, 0.29) is 17.0 Å². The van der Waals surface area contributed by atoms with E-state index in [1.807, 2.05) is 44.4 Å². The van der Waals surface area contributed by atoms with Gasteiger partial charge in [0, 0.05) is 34.8 Å². The van der Waals surface area contributed by atoms with Gasteiger partial charge in [-0.05, 0) is 63.1 Å². The van der Waals surface area contributed by atoms with E-state index in [1.165, 1.54) is 18.2 Å². The molecule has 0 unspecified atom stereocenters. The third-order valence-corrected chi connectivity index (χ3v) is 4.82. The molecule has 1 aromatic heterocycles. The minimum absolute atomic E-state index is 0.0257. The first-order chi connectivity index (χ1) is 14.2. The Morgan fingerprint density at radius 3 is 2.30 bits per heavy atom. The molecule has 1 heterocycles. The van der Waals surface area contributed by atoms with Gasteiger partial charge in [0.05, 0.1) is 10.5 Å². The van der Waals surface area contributed by atoms with Gasteiger partial charge in [0.15, 0.2) is 6.61 Å². The summed E-state index contributed by atoms with van der Waals surface area (Å²) in [5.41, 5.74) is 5.14. The van der Waals surface area contributed by atoms with Gasteiger partial charge in [0.2, 0.25) is 5.78 Å². The molecule has 3 aromatic rings. The van der Waals surface area contributed by atoms with Gasteiger partial charge in [0.1, 0.15) is 0 Å². The Hall–Kier alpha value is -3.74. The Kier molecular flexibility index (Phi) is 5.82. The minimum Gasteiger partial charge on any atom is -0.454 e. The van der Waals surface area contributed by atoms with E-state index in [4.69, 9.17) is 4.74 Å². The van der Waals surface area contributed by atoms with Crippen LogP contribution in [-0.4, -0.2) is 27.8 Å². The number of nitrogens with zero attached hydrogens (tertiary/aromatic N) is 2. The summed E-state index contributed by atoms with van der Waals surface area (Å²) < 4.78 is 7.10. The molecule has 0 saturated heterocycles. The summed E-state index contributed by atoms with van der Waals surface area (Å²) in [6, 6.07) is 13.2. The van der Waals surface area contributed by atoms with Crippen LogP contribution in [0.3, 0.4) is 0 Å². The summed E-state index contributed by atoms with van der Waals surface area (Å²) in [7, 11) is 0. The number of rotatable bonds is 6. The van der Waals surface area contributed by atoms with Crippen LogP contribution in [-0.2, 0) is 4.74 Å². The van der Waals surface area contributed by atoms with Crippen molar-refractivity contribution in [1.82, 2.24) is 4.57 Å². The lowest BCUT2D eigenvalue weighted by Gasteiger charge is -2.12. The fourth-order valence-electron chi connectivity index (χ4n) is 3.56. The van der Waals surface area contributed by atoms with Gasteiger partial charge in [-0.25, -0.2) is 4.79 Å². The lowest BCUT2D eigenvalue weighted by atomic mass is 10.1.